The summed E-state index contributed by atoms with van der Waals surface area (Å²) in [6, 6.07) is 10.2. The molecule has 1 aliphatic heterocycles. The maximum Gasteiger partial charge on any atom is 0.211 e. The molecular weight excluding hydrogens is 440 g/mol. The van der Waals surface area contributed by atoms with Gasteiger partial charge in [-0.25, -0.2) is 0 Å². The average molecular weight is 493 g/mol. The van der Waals surface area contributed by atoms with Gasteiger partial charge in [0.05, 0.1) is 17.7 Å². The number of nitrogens with zero attached hydrogens (tertiary/aromatic N) is 2. The Hall–Kier alpha value is -2.00. The fourth-order valence-electron chi connectivity index (χ4n) is 6.46. The van der Waals surface area contributed by atoms with Gasteiger partial charge >= 0.3 is 0 Å². The molecule has 2 aromatic rings. The zero-order valence-electron chi connectivity index (χ0n) is 25.1. The molecule has 200 valence electrons. The number of ether oxygens (including phenoxy) is 1. The Kier molecular flexibility index (Phi) is 9.20. The number of hydrogen-bond donors (Lipinski definition) is 0. The maximum absolute atomic E-state index is 7.09. The molecule has 0 spiro atoms. The van der Waals surface area contributed by atoms with Crippen molar-refractivity contribution in [3.8, 4) is 0 Å². The molecule has 0 bridgehead atoms. The van der Waals surface area contributed by atoms with Gasteiger partial charge in [-0.3, -0.25) is 0 Å². The van der Waals surface area contributed by atoms with E-state index < -0.39 is 0 Å². The van der Waals surface area contributed by atoms with E-state index in [1.807, 2.05) is 0 Å². The highest BCUT2D eigenvalue weighted by atomic mass is 16.5. The Morgan fingerprint density at radius 3 is 1.25 bits per heavy atom. The number of anilines is 2. The van der Waals surface area contributed by atoms with Crippen LogP contribution < -0.4 is 9.80 Å². The molecular formula is C33H52N2O. The summed E-state index contributed by atoms with van der Waals surface area (Å²) in [6.07, 6.45) is 7.11. The second-order valence-corrected chi connectivity index (χ2v) is 12.3. The van der Waals surface area contributed by atoms with Gasteiger partial charge < -0.3 is 14.5 Å². The number of unbranched alkanes of at least 4 members (excludes halogenated alkanes) is 2. The Balaban J connectivity index is 2.32. The quantitative estimate of drug-likeness (QED) is 0.347. The molecule has 3 heteroatoms. The monoisotopic (exact) mass is 492 g/mol. The smallest absolute Gasteiger partial charge is 0.211 e. The van der Waals surface area contributed by atoms with Gasteiger partial charge in [0.15, 0.2) is 0 Å². The predicted molar refractivity (Wildman–Crippen MR) is 158 cm³/mol. The Morgan fingerprint density at radius 2 is 0.972 bits per heavy atom. The van der Waals surface area contributed by atoms with E-state index in [1.54, 1.807) is 0 Å². The summed E-state index contributed by atoms with van der Waals surface area (Å²) >= 11 is 0. The molecule has 3 nitrogen and oxygen atoms in total. The summed E-state index contributed by atoms with van der Waals surface area (Å²) in [5.41, 5.74) is 10.5. The molecule has 0 aliphatic carbocycles. The highest BCUT2D eigenvalue weighted by Gasteiger charge is 2.49. The number of aryl methyl sites for hydroxylation is 6. The summed E-state index contributed by atoms with van der Waals surface area (Å²) in [6.45, 7) is 24.8. The van der Waals surface area contributed by atoms with Crippen LogP contribution in [-0.2, 0) is 4.74 Å². The Bertz CT molecular complexity index is 913. The van der Waals surface area contributed by atoms with Crippen molar-refractivity contribution in [2.75, 3.05) is 9.80 Å². The van der Waals surface area contributed by atoms with E-state index in [1.165, 1.54) is 83.3 Å². The topological polar surface area (TPSA) is 15.7 Å². The predicted octanol–water partition coefficient (Wildman–Crippen LogP) is 9.08. The van der Waals surface area contributed by atoms with Crippen molar-refractivity contribution in [3.05, 3.63) is 57.6 Å². The first-order chi connectivity index (χ1) is 16.9. The van der Waals surface area contributed by atoms with Crippen LogP contribution in [0, 0.1) is 41.5 Å². The second-order valence-electron chi connectivity index (χ2n) is 12.3. The van der Waals surface area contributed by atoms with E-state index >= 15 is 0 Å². The van der Waals surface area contributed by atoms with E-state index in [4.69, 9.17) is 4.74 Å². The van der Waals surface area contributed by atoms with E-state index in [-0.39, 0.29) is 12.0 Å². The third-order valence-electron chi connectivity index (χ3n) is 7.59. The lowest BCUT2D eigenvalue weighted by atomic mass is 9.94. The summed E-state index contributed by atoms with van der Waals surface area (Å²) in [5, 5.41) is 0. The molecule has 3 rings (SSSR count). The minimum absolute atomic E-state index is 0.145. The minimum Gasteiger partial charge on any atom is -0.334 e. The molecule has 1 saturated heterocycles. The lowest BCUT2D eigenvalue weighted by molar-refractivity contribution is -0.0546. The second kappa shape index (κ2) is 11.6. The van der Waals surface area contributed by atoms with Crippen LogP contribution in [0.25, 0.3) is 0 Å². The normalized spacial score (nSPS) is 20.5. The van der Waals surface area contributed by atoms with Gasteiger partial charge in [0.25, 0.3) is 0 Å². The fraction of sp³-hybridized carbons (Fsp3) is 0.636. The molecule has 0 radical (unpaired) electrons. The molecule has 0 aromatic heterocycles. The van der Waals surface area contributed by atoms with E-state index in [0.29, 0.717) is 12.1 Å². The van der Waals surface area contributed by atoms with Crippen molar-refractivity contribution in [2.24, 2.45) is 0 Å². The Morgan fingerprint density at radius 1 is 0.639 bits per heavy atom. The van der Waals surface area contributed by atoms with Gasteiger partial charge in [-0.2, -0.15) is 0 Å². The largest absolute Gasteiger partial charge is 0.334 e. The molecule has 1 fully saturated rings. The molecule has 1 aliphatic rings. The summed E-state index contributed by atoms with van der Waals surface area (Å²) < 4.78 is 7.09. The zero-order valence-corrected chi connectivity index (χ0v) is 25.1. The van der Waals surface area contributed by atoms with E-state index in [2.05, 4.69) is 110 Å². The lowest BCUT2D eigenvalue weighted by Gasteiger charge is -2.40. The summed E-state index contributed by atoms with van der Waals surface area (Å²) in [4.78, 5) is 5.37. The van der Waals surface area contributed by atoms with Crippen LogP contribution in [0.1, 0.15) is 107 Å². The lowest BCUT2D eigenvalue weighted by Crippen LogP contribution is -2.48. The summed E-state index contributed by atoms with van der Waals surface area (Å²) in [5.74, 6) is 0. The molecule has 1 heterocycles. The molecule has 0 amide bonds. The van der Waals surface area contributed by atoms with Gasteiger partial charge in [-0.05, 0) is 97.4 Å². The van der Waals surface area contributed by atoms with Gasteiger partial charge in [0.1, 0.15) is 0 Å². The number of hydrogen-bond acceptors (Lipinski definition) is 3. The van der Waals surface area contributed by atoms with Crippen molar-refractivity contribution in [3.63, 3.8) is 0 Å². The van der Waals surface area contributed by atoms with Crippen molar-refractivity contribution < 1.29 is 4.74 Å². The average Bonchev–Trinajstić information content (AvgIpc) is 3.00. The van der Waals surface area contributed by atoms with Crippen LogP contribution in [0.4, 0.5) is 11.4 Å². The van der Waals surface area contributed by atoms with Crippen LogP contribution in [0.2, 0.25) is 0 Å². The van der Waals surface area contributed by atoms with Crippen LogP contribution in [0.3, 0.4) is 0 Å². The van der Waals surface area contributed by atoms with Crippen molar-refractivity contribution in [1.29, 1.82) is 0 Å². The SMILES string of the molecule is CCCCC1C(CCCC)N(c2c(C)cc(C)cc2C)C(OC(C)(C)C)N1c1c(C)cc(C)cc1C. The van der Waals surface area contributed by atoms with Crippen molar-refractivity contribution in [2.45, 2.75) is 139 Å². The van der Waals surface area contributed by atoms with Crippen LogP contribution >= 0.6 is 0 Å². The van der Waals surface area contributed by atoms with Gasteiger partial charge in [0.2, 0.25) is 6.35 Å². The van der Waals surface area contributed by atoms with Crippen molar-refractivity contribution >= 4 is 11.4 Å². The van der Waals surface area contributed by atoms with Crippen LogP contribution in [-0.4, -0.2) is 24.0 Å². The highest BCUT2D eigenvalue weighted by Crippen LogP contribution is 2.45. The first-order valence-electron chi connectivity index (χ1n) is 14.3. The van der Waals surface area contributed by atoms with Gasteiger partial charge in [-0.1, -0.05) is 74.9 Å². The standard InChI is InChI=1S/C33H52N2O/c1-12-14-16-28-29(17-15-13-2)35(31-26(7)20-23(4)21-27(31)8)32(36-33(9,10)11)34(28)30-24(5)18-22(3)19-25(30)6/h18-21,28-29,32H,12-17H2,1-11H3. The third-order valence-corrected chi connectivity index (χ3v) is 7.59. The molecule has 0 N–H and O–H groups in total. The van der Waals surface area contributed by atoms with E-state index in [0.717, 1.165) is 0 Å². The first-order valence-corrected chi connectivity index (χ1v) is 14.3. The molecule has 2 aromatic carbocycles. The van der Waals surface area contributed by atoms with Crippen molar-refractivity contribution in [1.82, 2.24) is 0 Å². The molecule has 2 unspecified atom stereocenters. The van der Waals surface area contributed by atoms with Gasteiger partial charge in [0, 0.05) is 11.4 Å². The molecule has 2 atom stereocenters. The van der Waals surface area contributed by atoms with E-state index in [9.17, 15) is 0 Å². The zero-order chi connectivity index (χ0) is 26.8. The molecule has 0 saturated carbocycles. The first kappa shape index (κ1) is 28.6. The maximum atomic E-state index is 7.09. The minimum atomic E-state index is -0.269. The third kappa shape index (κ3) is 6.10. The molecule has 36 heavy (non-hydrogen) atoms. The highest BCUT2D eigenvalue weighted by molar-refractivity contribution is 5.69. The van der Waals surface area contributed by atoms with Gasteiger partial charge in [-0.15, -0.1) is 0 Å². The summed E-state index contributed by atoms with van der Waals surface area (Å²) in [7, 11) is 0. The van der Waals surface area contributed by atoms with Crippen LogP contribution in [0.5, 0.6) is 0 Å². The fourth-order valence-corrected chi connectivity index (χ4v) is 6.46. The number of benzene rings is 2. The van der Waals surface area contributed by atoms with Crippen LogP contribution in [0.15, 0.2) is 24.3 Å². The number of rotatable bonds is 9. The Labute approximate surface area is 222 Å².